The molecule has 20 heavy (non-hydrogen) atoms. The van der Waals surface area contributed by atoms with Crippen molar-refractivity contribution in [1.82, 2.24) is 9.36 Å². The highest BCUT2D eigenvalue weighted by atomic mass is 32.1. The Morgan fingerprint density at radius 1 is 1.35 bits per heavy atom. The van der Waals surface area contributed by atoms with Crippen molar-refractivity contribution in [2.75, 3.05) is 25.6 Å². The minimum Gasteiger partial charge on any atom is -0.497 e. The summed E-state index contributed by atoms with van der Waals surface area (Å²) in [7, 11) is 1.65. The van der Waals surface area contributed by atoms with Gasteiger partial charge in [-0.25, -0.2) is 4.98 Å². The first kappa shape index (κ1) is 13.2. The maximum atomic E-state index is 5.65. The lowest BCUT2D eigenvalue weighted by Crippen LogP contribution is -2.11. The van der Waals surface area contributed by atoms with Crippen molar-refractivity contribution in [1.29, 1.82) is 0 Å². The van der Waals surface area contributed by atoms with E-state index in [-0.39, 0.29) is 0 Å². The number of benzene rings is 1. The lowest BCUT2D eigenvalue weighted by molar-refractivity contribution is 0.329. The van der Waals surface area contributed by atoms with Gasteiger partial charge in [0, 0.05) is 23.5 Å². The largest absolute Gasteiger partial charge is 0.497 e. The molecule has 3 rings (SSSR count). The van der Waals surface area contributed by atoms with Crippen LogP contribution in [0.3, 0.4) is 0 Å². The van der Waals surface area contributed by atoms with E-state index in [9.17, 15) is 0 Å². The first-order valence-electron chi connectivity index (χ1n) is 6.69. The second-order valence-electron chi connectivity index (χ2n) is 4.69. The summed E-state index contributed by atoms with van der Waals surface area (Å²) in [6.45, 7) is 1.28. The summed E-state index contributed by atoms with van der Waals surface area (Å²) < 4.78 is 15.1. The van der Waals surface area contributed by atoms with Gasteiger partial charge in [0.25, 0.3) is 0 Å². The van der Waals surface area contributed by atoms with Gasteiger partial charge in [0.15, 0.2) is 0 Å². The number of hydrogen-bond donors (Lipinski definition) is 1. The van der Waals surface area contributed by atoms with Crippen LogP contribution in [0.1, 0.15) is 24.6 Å². The van der Waals surface area contributed by atoms with Gasteiger partial charge in [-0.3, -0.25) is 0 Å². The maximum absolute atomic E-state index is 5.65. The molecule has 1 N–H and O–H groups in total. The van der Waals surface area contributed by atoms with Crippen molar-refractivity contribution in [3.05, 3.63) is 30.1 Å². The molecule has 1 aliphatic rings. The van der Waals surface area contributed by atoms with E-state index in [1.807, 2.05) is 24.3 Å². The van der Waals surface area contributed by atoms with Gasteiger partial charge in [0.1, 0.15) is 23.9 Å². The second-order valence-corrected chi connectivity index (χ2v) is 5.44. The third kappa shape index (κ3) is 3.39. The zero-order valence-electron chi connectivity index (χ0n) is 11.3. The summed E-state index contributed by atoms with van der Waals surface area (Å²) in [5.41, 5.74) is 0. The molecule has 0 aliphatic heterocycles. The molecule has 1 saturated carbocycles. The summed E-state index contributed by atoms with van der Waals surface area (Å²) in [5, 5.41) is 4.11. The van der Waals surface area contributed by atoms with Crippen molar-refractivity contribution in [3.8, 4) is 11.5 Å². The Hall–Kier alpha value is -1.82. The predicted molar refractivity (Wildman–Crippen MR) is 78.9 cm³/mol. The summed E-state index contributed by atoms with van der Waals surface area (Å²) in [5.74, 6) is 3.21. The van der Waals surface area contributed by atoms with Crippen LogP contribution in [-0.4, -0.2) is 29.6 Å². The quantitative estimate of drug-likeness (QED) is 0.795. The first-order chi connectivity index (χ1) is 9.85. The first-order valence-corrected chi connectivity index (χ1v) is 7.47. The summed E-state index contributed by atoms with van der Waals surface area (Å²) in [4.78, 5) is 4.46. The third-order valence-electron chi connectivity index (χ3n) is 3.07. The van der Waals surface area contributed by atoms with Crippen molar-refractivity contribution < 1.29 is 9.47 Å². The molecule has 1 fully saturated rings. The van der Waals surface area contributed by atoms with Gasteiger partial charge in [0.2, 0.25) is 5.13 Å². The number of nitrogens with one attached hydrogen (secondary N) is 1. The number of anilines is 1. The monoisotopic (exact) mass is 291 g/mol. The maximum Gasteiger partial charge on any atom is 0.202 e. The van der Waals surface area contributed by atoms with Crippen LogP contribution in [0, 0.1) is 0 Å². The molecular weight excluding hydrogens is 274 g/mol. The number of methoxy groups -OCH3 is 1. The van der Waals surface area contributed by atoms with Crippen LogP contribution in [0.4, 0.5) is 5.13 Å². The van der Waals surface area contributed by atoms with Crippen LogP contribution in [0.25, 0.3) is 0 Å². The fourth-order valence-corrected chi connectivity index (χ4v) is 2.50. The van der Waals surface area contributed by atoms with Gasteiger partial charge < -0.3 is 14.8 Å². The normalized spacial score (nSPS) is 14.1. The molecule has 1 heterocycles. The van der Waals surface area contributed by atoms with Crippen LogP contribution < -0.4 is 14.8 Å². The van der Waals surface area contributed by atoms with Gasteiger partial charge in [0.05, 0.1) is 13.7 Å². The Morgan fingerprint density at radius 3 is 3.00 bits per heavy atom. The lowest BCUT2D eigenvalue weighted by Gasteiger charge is -2.07. The molecule has 0 radical (unpaired) electrons. The highest BCUT2D eigenvalue weighted by Gasteiger charge is 2.27. The molecule has 2 aromatic rings. The van der Waals surface area contributed by atoms with Crippen LogP contribution in [0.15, 0.2) is 24.3 Å². The standard InChI is InChI=1S/C14H17N3O2S/c1-18-11-3-2-4-12(9-11)19-8-7-15-14-16-13(17-20-14)10-5-6-10/h2-4,9-10H,5-8H2,1H3,(H,15,16,17). The van der Waals surface area contributed by atoms with E-state index in [2.05, 4.69) is 14.7 Å². The zero-order valence-corrected chi connectivity index (χ0v) is 12.2. The van der Waals surface area contributed by atoms with Crippen LogP contribution in [0.5, 0.6) is 11.5 Å². The van der Waals surface area contributed by atoms with Gasteiger partial charge in [-0.15, -0.1) is 0 Å². The van der Waals surface area contributed by atoms with Crippen molar-refractivity contribution in [2.24, 2.45) is 0 Å². The van der Waals surface area contributed by atoms with E-state index < -0.39 is 0 Å². The van der Waals surface area contributed by atoms with Crippen LogP contribution in [0.2, 0.25) is 0 Å². The van der Waals surface area contributed by atoms with E-state index in [0.717, 1.165) is 22.5 Å². The molecular formula is C14H17N3O2S. The van der Waals surface area contributed by atoms with Crippen molar-refractivity contribution in [2.45, 2.75) is 18.8 Å². The minimum atomic E-state index is 0.575. The van der Waals surface area contributed by atoms with Gasteiger partial charge in [-0.05, 0) is 25.0 Å². The summed E-state index contributed by atoms with van der Waals surface area (Å²) >= 11 is 1.42. The van der Waals surface area contributed by atoms with Crippen LogP contribution in [-0.2, 0) is 0 Å². The molecule has 0 bridgehead atoms. The summed E-state index contributed by atoms with van der Waals surface area (Å²) in [6, 6.07) is 7.59. The van der Waals surface area contributed by atoms with E-state index in [0.29, 0.717) is 19.1 Å². The fourth-order valence-electron chi connectivity index (χ4n) is 1.83. The van der Waals surface area contributed by atoms with E-state index in [1.165, 1.54) is 24.4 Å². The molecule has 0 atom stereocenters. The average molecular weight is 291 g/mol. The zero-order chi connectivity index (χ0) is 13.8. The molecule has 0 spiro atoms. The lowest BCUT2D eigenvalue weighted by atomic mass is 10.3. The number of ether oxygens (including phenoxy) is 2. The fraction of sp³-hybridized carbons (Fsp3) is 0.429. The van der Waals surface area contributed by atoms with E-state index >= 15 is 0 Å². The highest BCUT2D eigenvalue weighted by molar-refractivity contribution is 7.09. The second kappa shape index (κ2) is 6.09. The number of nitrogens with zero attached hydrogens (tertiary/aromatic N) is 2. The Balaban J connectivity index is 1.42. The Labute approximate surface area is 122 Å². The molecule has 0 saturated heterocycles. The van der Waals surface area contributed by atoms with E-state index in [4.69, 9.17) is 9.47 Å². The Morgan fingerprint density at radius 2 is 2.20 bits per heavy atom. The third-order valence-corrected chi connectivity index (χ3v) is 3.76. The Kier molecular flexibility index (Phi) is 4.01. The van der Waals surface area contributed by atoms with Crippen molar-refractivity contribution >= 4 is 16.7 Å². The molecule has 1 aromatic heterocycles. The molecule has 0 amide bonds. The predicted octanol–water partition coefficient (Wildman–Crippen LogP) is 2.92. The van der Waals surface area contributed by atoms with Crippen LogP contribution >= 0.6 is 11.5 Å². The number of rotatable bonds is 7. The molecule has 5 nitrogen and oxygen atoms in total. The molecule has 6 heteroatoms. The smallest absolute Gasteiger partial charge is 0.202 e. The van der Waals surface area contributed by atoms with E-state index in [1.54, 1.807) is 7.11 Å². The summed E-state index contributed by atoms with van der Waals surface area (Å²) in [6.07, 6.45) is 2.46. The molecule has 0 unspecified atom stereocenters. The topological polar surface area (TPSA) is 56.3 Å². The number of hydrogen-bond acceptors (Lipinski definition) is 6. The molecule has 1 aliphatic carbocycles. The van der Waals surface area contributed by atoms with Gasteiger partial charge in [-0.1, -0.05) is 6.07 Å². The van der Waals surface area contributed by atoms with Crippen molar-refractivity contribution in [3.63, 3.8) is 0 Å². The highest BCUT2D eigenvalue weighted by Crippen LogP contribution is 2.39. The van der Waals surface area contributed by atoms with Gasteiger partial charge in [-0.2, -0.15) is 4.37 Å². The Bertz CT molecular complexity index is 569. The van der Waals surface area contributed by atoms with Gasteiger partial charge >= 0.3 is 0 Å². The molecule has 106 valence electrons. The minimum absolute atomic E-state index is 0.575. The molecule has 1 aromatic carbocycles. The SMILES string of the molecule is COc1cccc(OCCNc2nc(C3CC3)ns2)c1. The number of aromatic nitrogens is 2. The average Bonchev–Trinajstić information content (AvgIpc) is 3.23.